The van der Waals surface area contributed by atoms with Crippen molar-refractivity contribution < 1.29 is 19.1 Å². The highest BCUT2D eigenvalue weighted by molar-refractivity contribution is 5.97. The van der Waals surface area contributed by atoms with E-state index in [0.717, 1.165) is 12.8 Å². The third-order valence-electron chi connectivity index (χ3n) is 6.16. The van der Waals surface area contributed by atoms with Crippen molar-refractivity contribution >= 4 is 11.9 Å². The van der Waals surface area contributed by atoms with E-state index in [1.54, 1.807) is 35.6 Å². The number of aryl methyl sites for hydroxylation is 1. The van der Waals surface area contributed by atoms with Gasteiger partial charge in [0.25, 0.3) is 5.91 Å². The molecule has 1 saturated heterocycles. The van der Waals surface area contributed by atoms with Crippen LogP contribution in [-0.4, -0.2) is 44.8 Å². The van der Waals surface area contributed by atoms with Crippen LogP contribution in [0.2, 0.25) is 0 Å². The largest absolute Gasteiger partial charge is 0.481 e. The fourth-order valence-corrected chi connectivity index (χ4v) is 4.74. The summed E-state index contributed by atoms with van der Waals surface area (Å²) in [4.78, 5) is 26.7. The maximum Gasteiger partial charge on any atom is 0.311 e. The van der Waals surface area contributed by atoms with Crippen LogP contribution >= 0.6 is 0 Å². The fourth-order valence-electron chi connectivity index (χ4n) is 4.74. The van der Waals surface area contributed by atoms with Gasteiger partial charge in [0.05, 0.1) is 28.1 Å². The van der Waals surface area contributed by atoms with E-state index in [-0.39, 0.29) is 24.2 Å². The van der Waals surface area contributed by atoms with Crippen LogP contribution in [0.3, 0.4) is 0 Å². The molecule has 1 saturated carbocycles. The Morgan fingerprint density at radius 3 is 2.59 bits per heavy atom. The molecule has 1 aromatic heterocycles. The van der Waals surface area contributed by atoms with E-state index in [0.29, 0.717) is 35.6 Å². The van der Waals surface area contributed by atoms with E-state index < -0.39 is 11.4 Å². The van der Waals surface area contributed by atoms with Gasteiger partial charge in [-0.3, -0.25) is 9.59 Å². The average molecular weight is 371 g/mol. The lowest BCUT2D eigenvalue weighted by atomic mass is 9.81. The molecular weight excluding hydrogens is 349 g/mol. The molecule has 7 heteroatoms. The van der Waals surface area contributed by atoms with Crippen molar-refractivity contribution in [2.75, 3.05) is 13.1 Å². The number of likely N-dealkylation sites (tertiary alicyclic amines) is 1. The van der Waals surface area contributed by atoms with Crippen molar-refractivity contribution in [1.29, 1.82) is 0 Å². The predicted octanol–water partition coefficient (Wildman–Crippen LogP) is 2.96. The van der Waals surface area contributed by atoms with Gasteiger partial charge in [-0.05, 0) is 56.9 Å². The number of fused-ring (bicyclic) bond motifs is 1. The molecule has 27 heavy (non-hydrogen) atoms. The molecule has 2 fully saturated rings. The summed E-state index contributed by atoms with van der Waals surface area (Å²) in [6, 6.07) is 5.93. The SMILES string of the molecule is Cc1nn(-c2ccc(F)cc2)c(C)c1C(=O)N1C[C@@H]2CCC[C@@]2(C(=O)O)C1. The van der Waals surface area contributed by atoms with Crippen molar-refractivity contribution in [1.82, 2.24) is 14.7 Å². The number of halogens is 1. The number of benzene rings is 1. The Labute approximate surface area is 156 Å². The van der Waals surface area contributed by atoms with Crippen LogP contribution in [0.15, 0.2) is 24.3 Å². The highest BCUT2D eigenvalue weighted by Gasteiger charge is 2.56. The molecule has 2 atom stereocenters. The van der Waals surface area contributed by atoms with Crippen molar-refractivity contribution in [2.24, 2.45) is 11.3 Å². The fraction of sp³-hybridized carbons (Fsp3) is 0.450. The second kappa shape index (κ2) is 6.18. The summed E-state index contributed by atoms with van der Waals surface area (Å²) in [7, 11) is 0. The zero-order valence-electron chi connectivity index (χ0n) is 15.4. The van der Waals surface area contributed by atoms with Crippen LogP contribution in [0.4, 0.5) is 4.39 Å². The molecule has 1 aliphatic heterocycles. The van der Waals surface area contributed by atoms with Crippen LogP contribution in [-0.2, 0) is 4.79 Å². The Kier molecular flexibility index (Phi) is 4.05. The summed E-state index contributed by atoms with van der Waals surface area (Å²) in [6.07, 6.45) is 2.38. The number of aromatic nitrogens is 2. The molecule has 2 aromatic rings. The quantitative estimate of drug-likeness (QED) is 0.900. The molecule has 2 aliphatic rings. The molecule has 0 radical (unpaired) electrons. The van der Waals surface area contributed by atoms with E-state index in [9.17, 15) is 19.1 Å². The molecule has 4 rings (SSSR count). The number of carbonyl (C=O) groups excluding carboxylic acids is 1. The van der Waals surface area contributed by atoms with Crippen molar-refractivity contribution in [3.63, 3.8) is 0 Å². The lowest BCUT2D eigenvalue weighted by molar-refractivity contribution is -0.149. The molecule has 1 aromatic carbocycles. The zero-order chi connectivity index (χ0) is 19.3. The normalized spacial score (nSPS) is 24.3. The van der Waals surface area contributed by atoms with E-state index >= 15 is 0 Å². The van der Waals surface area contributed by atoms with E-state index in [2.05, 4.69) is 5.10 Å². The Morgan fingerprint density at radius 2 is 1.96 bits per heavy atom. The predicted molar refractivity (Wildman–Crippen MR) is 96.3 cm³/mol. The molecular formula is C20H22FN3O3. The van der Waals surface area contributed by atoms with Gasteiger partial charge in [-0.1, -0.05) is 6.42 Å². The van der Waals surface area contributed by atoms with Gasteiger partial charge in [0.15, 0.2) is 0 Å². The van der Waals surface area contributed by atoms with Gasteiger partial charge in [-0.2, -0.15) is 5.10 Å². The molecule has 142 valence electrons. The Balaban J connectivity index is 1.66. The van der Waals surface area contributed by atoms with Crippen LogP contribution in [0, 0.1) is 31.0 Å². The molecule has 2 heterocycles. The molecule has 0 unspecified atom stereocenters. The number of carboxylic acid groups (broad SMARTS) is 1. The third-order valence-corrected chi connectivity index (χ3v) is 6.16. The highest BCUT2D eigenvalue weighted by atomic mass is 19.1. The monoisotopic (exact) mass is 371 g/mol. The second-order valence-electron chi connectivity index (χ2n) is 7.67. The first kappa shape index (κ1) is 17.7. The maximum atomic E-state index is 13.2. The number of nitrogens with zero attached hydrogens (tertiary/aromatic N) is 3. The van der Waals surface area contributed by atoms with Crippen LogP contribution in [0.1, 0.15) is 41.0 Å². The first-order chi connectivity index (χ1) is 12.8. The number of hydrogen-bond donors (Lipinski definition) is 1. The van der Waals surface area contributed by atoms with E-state index in [4.69, 9.17) is 0 Å². The summed E-state index contributed by atoms with van der Waals surface area (Å²) in [6.45, 7) is 4.31. The minimum Gasteiger partial charge on any atom is -0.481 e. The topological polar surface area (TPSA) is 75.4 Å². The number of carboxylic acids is 1. The number of rotatable bonds is 3. The lowest BCUT2D eigenvalue weighted by Gasteiger charge is -2.23. The van der Waals surface area contributed by atoms with Gasteiger partial charge >= 0.3 is 5.97 Å². The molecule has 6 nitrogen and oxygen atoms in total. The molecule has 1 aliphatic carbocycles. The highest BCUT2D eigenvalue weighted by Crippen LogP contribution is 2.49. The van der Waals surface area contributed by atoms with Crippen molar-refractivity contribution in [3.8, 4) is 5.69 Å². The summed E-state index contributed by atoms with van der Waals surface area (Å²) < 4.78 is 14.8. The zero-order valence-corrected chi connectivity index (χ0v) is 15.4. The molecule has 1 amide bonds. The third kappa shape index (κ3) is 2.64. The van der Waals surface area contributed by atoms with Gasteiger partial charge in [-0.15, -0.1) is 0 Å². The Bertz CT molecular complexity index is 921. The lowest BCUT2D eigenvalue weighted by Crippen LogP contribution is -2.37. The second-order valence-corrected chi connectivity index (χ2v) is 7.67. The van der Waals surface area contributed by atoms with Gasteiger partial charge in [0.1, 0.15) is 5.82 Å². The van der Waals surface area contributed by atoms with Gasteiger partial charge < -0.3 is 10.0 Å². The van der Waals surface area contributed by atoms with Gasteiger partial charge in [0.2, 0.25) is 0 Å². The number of hydrogen-bond acceptors (Lipinski definition) is 3. The molecule has 0 bridgehead atoms. The van der Waals surface area contributed by atoms with Gasteiger partial charge in [-0.25, -0.2) is 9.07 Å². The minimum absolute atomic E-state index is 0.0201. The van der Waals surface area contributed by atoms with Crippen molar-refractivity contribution in [2.45, 2.75) is 33.1 Å². The number of amides is 1. The van der Waals surface area contributed by atoms with Gasteiger partial charge in [0, 0.05) is 13.1 Å². The average Bonchev–Trinajstić information content (AvgIpc) is 3.26. The van der Waals surface area contributed by atoms with Crippen LogP contribution in [0.5, 0.6) is 0 Å². The Hall–Kier alpha value is -2.70. The summed E-state index contributed by atoms with van der Waals surface area (Å²) in [5, 5.41) is 14.2. The maximum absolute atomic E-state index is 13.2. The van der Waals surface area contributed by atoms with Crippen molar-refractivity contribution in [3.05, 3.63) is 47.0 Å². The summed E-state index contributed by atoms with van der Waals surface area (Å²) >= 11 is 0. The van der Waals surface area contributed by atoms with E-state index in [1.165, 1.54) is 12.1 Å². The molecule has 0 spiro atoms. The summed E-state index contributed by atoms with van der Waals surface area (Å²) in [5.74, 6) is -1.28. The number of carbonyl (C=O) groups is 2. The smallest absolute Gasteiger partial charge is 0.311 e. The Morgan fingerprint density at radius 1 is 1.26 bits per heavy atom. The number of aliphatic carboxylic acids is 1. The van der Waals surface area contributed by atoms with Crippen LogP contribution in [0.25, 0.3) is 5.69 Å². The first-order valence-electron chi connectivity index (χ1n) is 9.18. The standard InChI is InChI=1S/C20H22FN3O3/c1-12-17(13(2)24(22-12)16-7-5-15(21)6-8-16)18(25)23-10-14-4-3-9-20(14,11-23)19(26)27/h5-8,14H,3-4,9-11H2,1-2H3,(H,26,27)/t14-,20+/m0/s1. The first-order valence-corrected chi connectivity index (χ1v) is 9.18. The van der Waals surface area contributed by atoms with E-state index in [1.807, 2.05) is 0 Å². The van der Waals surface area contributed by atoms with Crippen LogP contribution < -0.4 is 0 Å². The summed E-state index contributed by atoms with van der Waals surface area (Å²) in [5.41, 5.74) is 1.63. The molecule has 1 N–H and O–H groups in total. The minimum atomic E-state index is -0.801.